The standard InChI is InChI=1S/C25H37N3O3/c1-18-11-13-28(14-12-18)23-10-9-20(27-24(29)19-6-3-2-4-7-19)16-22(23)25(30)26-17-21-8-5-15-31-21/h9-10,16,18-19,21H,2-8,11-15,17H2,1H3,(H,26,30)(H,27,29). The maximum absolute atomic E-state index is 13.2. The Kier molecular flexibility index (Phi) is 7.49. The van der Waals surface area contributed by atoms with Crippen LogP contribution in [0.15, 0.2) is 18.2 Å². The number of ether oxygens (including phenoxy) is 1. The molecule has 1 saturated carbocycles. The van der Waals surface area contributed by atoms with Gasteiger partial charge in [0.25, 0.3) is 5.91 Å². The molecule has 31 heavy (non-hydrogen) atoms. The molecule has 6 nitrogen and oxygen atoms in total. The van der Waals surface area contributed by atoms with Gasteiger partial charge in [-0.1, -0.05) is 26.2 Å². The van der Waals surface area contributed by atoms with Crippen molar-refractivity contribution in [3.63, 3.8) is 0 Å². The quantitative estimate of drug-likeness (QED) is 0.708. The number of rotatable bonds is 6. The van der Waals surface area contributed by atoms with E-state index in [1.165, 1.54) is 6.42 Å². The van der Waals surface area contributed by atoms with Gasteiger partial charge in [0.1, 0.15) is 0 Å². The average Bonchev–Trinajstić information content (AvgIpc) is 3.32. The molecule has 1 atom stereocenters. The molecule has 2 saturated heterocycles. The fraction of sp³-hybridized carbons (Fsp3) is 0.680. The van der Waals surface area contributed by atoms with Crippen molar-refractivity contribution in [3.8, 4) is 0 Å². The van der Waals surface area contributed by atoms with E-state index in [9.17, 15) is 9.59 Å². The van der Waals surface area contributed by atoms with E-state index in [2.05, 4.69) is 22.5 Å². The summed E-state index contributed by atoms with van der Waals surface area (Å²) in [7, 11) is 0. The lowest BCUT2D eigenvalue weighted by atomic mass is 9.88. The molecule has 1 aromatic rings. The second kappa shape index (κ2) is 10.5. The number of anilines is 2. The van der Waals surface area contributed by atoms with Gasteiger partial charge in [0.2, 0.25) is 5.91 Å². The predicted octanol–water partition coefficient (Wildman–Crippen LogP) is 4.35. The molecule has 1 unspecified atom stereocenters. The van der Waals surface area contributed by atoms with Crippen molar-refractivity contribution in [2.75, 3.05) is 36.5 Å². The van der Waals surface area contributed by atoms with Crippen LogP contribution in [0.2, 0.25) is 0 Å². The van der Waals surface area contributed by atoms with Crippen LogP contribution in [0.1, 0.15) is 75.1 Å². The van der Waals surface area contributed by atoms with Crippen LogP contribution in [0.5, 0.6) is 0 Å². The van der Waals surface area contributed by atoms with E-state index in [-0.39, 0.29) is 23.8 Å². The first-order valence-corrected chi connectivity index (χ1v) is 12.2. The highest BCUT2D eigenvalue weighted by Gasteiger charge is 2.25. The molecule has 2 N–H and O–H groups in total. The normalized spacial score (nSPS) is 23.0. The summed E-state index contributed by atoms with van der Waals surface area (Å²) in [5.74, 6) is 0.818. The van der Waals surface area contributed by atoms with Crippen LogP contribution in [-0.2, 0) is 9.53 Å². The molecule has 0 bridgehead atoms. The van der Waals surface area contributed by atoms with Crippen LogP contribution in [0, 0.1) is 11.8 Å². The zero-order valence-corrected chi connectivity index (χ0v) is 18.8. The van der Waals surface area contributed by atoms with Gasteiger partial charge < -0.3 is 20.3 Å². The smallest absolute Gasteiger partial charge is 0.253 e. The van der Waals surface area contributed by atoms with Gasteiger partial charge in [-0.05, 0) is 62.6 Å². The van der Waals surface area contributed by atoms with E-state index in [1.54, 1.807) is 0 Å². The van der Waals surface area contributed by atoms with Gasteiger partial charge in [0, 0.05) is 43.5 Å². The third-order valence-electron chi connectivity index (χ3n) is 7.12. The average molecular weight is 428 g/mol. The number of hydrogen-bond acceptors (Lipinski definition) is 4. The summed E-state index contributed by atoms with van der Waals surface area (Å²) in [6.07, 6.45) is 9.83. The van der Waals surface area contributed by atoms with Crippen LogP contribution in [0.4, 0.5) is 11.4 Å². The molecule has 0 radical (unpaired) electrons. The van der Waals surface area contributed by atoms with Crippen LogP contribution in [-0.4, -0.2) is 44.2 Å². The zero-order chi connectivity index (χ0) is 21.6. The molecule has 3 aliphatic rings. The summed E-state index contributed by atoms with van der Waals surface area (Å²) in [5, 5.41) is 6.15. The molecule has 1 aliphatic carbocycles. The van der Waals surface area contributed by atoms with Gasteiger partial charge in [-0.2, -0.15) is 0 Å². The van der Waals surface area contributed by atoms with Crippen molar-refractivity contribution in [2.24, 2.45) is 11.8 Å². The Balaban J connectivity index is 1.49. The van der Waals surface area contributed by atoms with Crippen LogP contribution < -0.4 is 15.5 Å². The van der Waals surface area contributed by atoms with Crippen molar-refractivity contribution >= 4 is 23.2 Å². The number of nitrogens with one attached hydrogen (secondary N) is 2. The van der Waals surface area contributed by atoms with Gasteiger partial charge in [0.05, 0.1) is 11.7 Å². The lowest BCUT2D eigenvalue weighted by Crippen LogP contribution is -2.36. The maximum atomic E-state index is 13.2. The van der Waals surface area contributed by atoms with Crippen LogP contribution >= 0.6 is 0 Å². The van der Waals surface area contributed by atoms with Crippen LogP contribution in [0.3, 0.4) is 0 Å². The maximum Gasteiger partial charge on any atom is 0.253 e. The Morgan fingerprint density at radius 3 is 2.52 bits per heavy atom. The Morgan fingerprint density at radius 2 is 1.81 bits per heavy atom. The monoisotopic (exact) mass is 427 g/mol. The summed E-state index contributed by atoms with van der Waals surface area (Å²) in [5.41, 5.74) is 2.33. The van der Waals surface area contributed by atoms with E-state index in [0.29, 0.717) is 17.8 Å². The number of amides is 2. The number of piperidine rings is 1. The Hall–Kier alpha value is -2.08. The number of benzene rings is 1. The molecular weight excluding hydrogens is 390 g/mol. The summed E-state index contributed by atoms with van der Waals surface area (Å²) < 4.78 is 5.66. The lowest BCUT2D eigenvalue weighted by molar-refractivity contribution is -0.120. The Labute approximate surface area is 186 Å². The van der Waals surface area contributed by atoms with E-state index in [1.807, 2.05) is 18.2 Å². The minimum Gasteiger partial charge on any atom is -0.376 e. The van der Waals surface area contributed by atoms with Gasteiger partial charge in [-0.3, -0.25) is 9.59 Å². The minimum atomic E-state index is -0.0853. The molecular formula is C25H37N3O3. The highest BCUT2D eigenvalue weighted by atomic mass is 16.5. The fourth-order valence-electron chi connectivity index (χ4n) is 5.04. The Morgan fingerprint density at radius 1 is 1.03 bits per heavy atom. The molecule has 4 rings (SSSR count). The molecule has 0 spiro atoms. The molecule has 3 fully saturated rings. The molecule has 1 aromatic carbocycles. The van der Waals surface area contributed by atoms with Gasteiger partial charge in [0.15, 0.2) is 0 Å². The Bertz CT molecular complexity index is 761. The van der Waals surface area contributed by atoms with Crippen molar-refractivity contribution in [2.45, 2.75) is 70.8 Å². The van der Waals surface area contributed by atoms with Crippen molar-refractivity contribution in [3.05, 3.63) is 23.8 Å². The third kappa shape index (κ3) is 5.79. The molecule has 2 amide bonds. The van der Waals surface area contributed by atoms with Crippen LogP contribution in [0.25, 0.3) is 0 Å². The lowest BCUT2D eigenvalue weighted by Gasteiger charge is -2.33. The van der Waals surface area contributed by atoms with E-state index in [0.717, 1.165) is 82.7 Å². The van der Waals surface area contributed by atoms with Gasteiger partial charge in [-0.25, -0.2) is 0 Å². The number of hydrogen-bond donors (Lipinski definition) is 2. The predicted molar refractivity (Wildman–Crippen MR) is 124 cm³/mol. The molecule has 2 aliphatic heterocycles. The molecule has 6 heteroatoms. The molecule has 0 aromatic heterocycles. The highest BCUT2D eigenvalue weighted by molar-refractivity contribution is 6.02. The van der Waals surface area contributed by atoms with Gasteiger partial charge >= 0.3 is 0 Å². The van der Waals surface area contributed by atoms with Crippen molar-refractivity contribution < 1.29 is 14.3 Å². The first-order chi connectivity index (χ1) is 15.1. The second-order valence-electron chi connectivity index (χ2n) is 9.57. The minimum absolute atomic E-state index is 0.0853. The summed E-state index contributed by atoms with van der Waals surface area (Å²) in [4.78, 5) is 28.2. The van der Waals surface area contributed by atoms with E-state index in [4.69, 9.17) is 4.74 Å². The SMILES string of the molecule is CC1CCN(c2ccc(NC(=O)C3CCCCC3)cc2C(=O)NCC2CCCO2)CC1. The summed E-state index contributed by atoms with van der Waals surface area (Å²) in [6, 6.07) is 5.82. The first-order valence-electron chi connectivity index (χ1n) is 12.2. The topological polar surface area (TPSA) is 70.7 Å². The molecule has 170 valence electrons. The highest BCUT2D eigenvalue weighted by Crippen LogP contribution is 2.30. The zero-order valence-electron chi connectivity index (χ0n) is 18.8. The van der Waals surface area contributed by atoms with Crippen molar-refractivity contribution in [1.82, 2.24) is 5.32 Å². The second-order valence-corrected chi connectivity index (χ2v) is 9.57. The first kappa shape index (κ1) is 22.1. The summed E-state index contributed by atoms with van der Waals surface area (Å²) >= 11 is 0. The van der Waals surface area contributed by atoms with Gasteiger partial charge in [-0.15, -0.1) is 0 Å². The largest absolute Gasteiger partial charge is 0.376 e. The van der Waals surface area contributed by atoms with E-state index < -0.39 is 0 Å². The van der Waals surface area contributed by atoms with Crippen molar-refractivity contribution in [1.29, 1.82) is 0 Å². The fourth-order valence-corrected chi connectivity index (χ4v) is 5.04. The molecule has 2 heterocycles. The number of carbonyl (C=O) groups excluding carboxylic acids is 2. The number of nitrogens with zero attached hydrogens (tertiary/aromatic N) is 1. The third-order valence-corrected chi connectivity index (χ3v) is 7.12. The number of carbonyl (C=O) groups is 2. The van der Waals surface area contributed by atoms with E-state index >= 15 is 0 Å². The summed E-state index contributed by atoms with van der Waals surface area (Å²) in [6.45, 7) is 5.52.